The fraction of sp³-hybridized carbons (Fsp3) is 0.500. The van der Waals surface area contributed by atoms with Gasteiger partial charge in [0.1, 0.15) is 17.1 Å². The molecular formula is C14H19NO5. The lowest BCUT2D eigenvalue weighted by atomic mass is 10.0. The second-order valence-electron chi connectivity index (χ2n) is 4.77. The molecule has 20 heavy (non-hydrogen) atoms. The molecule has 1 unspecified atom stereocenters. The first kappa shape index (κ1) is 14.6. The van der Waals surface area contributed by atoms with Crippen LogP contribution in [0.25, 0.3) is 0 Å². The molecule has 1 amide bonds. The highest BCUT2D eigenvalue weighted by molar-refractivity contribution is 5.77. The average molecular weight is 281 g/mol. The third-order valence-corrected chi connectivity index (χ3v) is 3.13. The number of nitrogens with one attached hydrogen (secondary N) is 1. The molecule has 1 aliphatic heterocycles. The lowest BCUT2D eigenvalue weighted by Crippen LogP contribution is -2.44. The van der Waals surface area contributed by atoms with Gasteiger partial charge >= 0.3 is 0 Å². The number of aliphatic hydroxyl groups is 1. The molecule has 6 nitrogen and oxygen atoms in total. The summed E-state index contributed by atoms with van der Waals surface area (Å²) >= 11 is 0. The second-order valence-corrected chi connectivity index (χ2v) is 4.77. The number of carbonyl (C=O) groups is 1. The molecule has 1 fully saturated rings. The summed E-state index contributed by atoms with van der Waals surface area (Å²) < 4.78 is 15.5. The van der Waals surface area contributed by atoms with Crippen LogP contribution in [0.15, 0.2) is 24.3 Å². The lowest BCUT2D eigenvalue weighted by Gasteiger charge is -2.20. The number of carbonyl (C=O) groups excluding carboxylic acids is 1. The van der Waals surface area contributed by atoms with E-state index in [2.05, 4.69) is 5.32 Å². The van der Waals surface area contributed by atoms with Gasteiger partial charge in [-0.1, -0.05) is 0 Å². The van der Waals surface area contributed by atoms with Crippen LogP contribution in [0.5, 0.6) is 11.5 Å². The number of amides is 1. The maximum atomic E-state index is 11.6. The van der Waals surface area contributed by atoms with Crippen LogP contribution in [-0.2, 0) is 9.53 Å². The van der Waals surface area contributed by atoms with Crippen molar-refractivity contribution in [2.75, 3.05) is 33.5 Å². The zero-order valence-corrected chi connectivity index (χ0v) is 11.4. The van der Waals surface area contributed by atoms with Gasteiger partial charge in [-0.15, -0.1) is 0 Å². The van der Waals surface area contributed by atoms with Gasteiger partial charge in [0, 0.05) is 19.6 Å². The Kier molecular flexibility index (Phi) is 4.81. The standard InChI is InChI=1S/C14H19NO5/c1-18-11-2-4-12(5-3-11)20-8-13(16)15-9-14(17)6-7-19-10-14/h2-5,17H,6-10H2,1H3,(H,15,16). The molecule has 6 heteroatoms. The highest BCUT2D eigenvalue weighted by Gasteiger charge is 2.32. The minimum atomic E-state index is -0.949. The van der Waals surface area contributed by atoms with Crippen molar-refractivity contribution in [3.8, 4) is 11.5 Å². The van der Waals surface area contributed by atoms with Crippen LogP contribution in [0.2, 0.25) is 0 Å². The van der Waals surface area contributed by atoms with Gasteiger partial charge in [-0.2, -0.15) is 0 Å². The Hall–Kier alpha value is -1.79. The number of hydrogen-bond acceptors (Lipinski definition) is 5. The van der Waals surface area contributed by atoms with Gasteiger partial charge in [-0.3, -0.25) is 4.79 Å². The minimum absolute atomic E-state index is 0.0940. The monoisotopic (exact) mass is 281 g/mol. The van der Waals surface area contributed by atoms with Crippen molar-refractivity contribution < 1.29 is 24.1 Å². The van der Waals surface area contributed by atoms with E-state index in [0.717, 1.165) is 5.75 Å². The van der Waals surface area contributed by atoms with Crippen LogP contribution in [0.1, 0.15) is 6.42 Å². The molecule has 0 spiro atoms. The van der Waals surface area contributed by atoms with Crippen molar-refractivity contribution in [1.82, 2.24) is 5.32 Å². The van der Waals surface area contributed by atoms with Crippen molar-refractivity contribution in [2.24, 2.45) is 0 Å². The summed E-state index contributed by atoms with van der Waals surface area (Å²) in [5, 5.41) is 12.6. The Morgan fingerprint density at radius 2 is 2.10 bits per heavy atom. The lowest BCUT2D eigenvalue weighted by molar-refractivity contribution is -0.124. The van der Waals surface area contributed by atoms with Crippen LogP contribution in [0.4, 0.5) is 0 Å². The second kappa shape index (κ2) is 6.58. The van der Waals surface area contributed by atoms with E-state index in [-0.39, 0.29) is 25.7 Å². The molecule has 0 aromatic heterocycles. The Bertz CT molecular complexity index is 439. The molecule has 0 bridgehead atoms. The Balaban J connectivity index is 1.71. The summed E-state index contributed by atoms with van der Waals surface area (Å²) in [6.45, 7) is 0.863. The molecule has 1 atom stereocenters. The zero-order valence-electron chi connectivity index (χ0n) is 11.4. The summed E-state index contributed by atoms with van der Waals surface area (Å²) in [5.74, 6) is 1.04. The first-order chi connectivity index (χ1) is 9.61. The molecule has 0 aliphatic carbocycles. The molecular weight excluding hydrogens is 262 g/mol. The molecule has 1 aromatic rings. The molecule has 1 heterocycles. The summed E-state index contributed by atoms with van der Waals surface area (Å²) in [6, 6.07) is 6.96. The summed E-state index contributed by atoms with van der Waals surface area (Å²) in [4.78, 5) is 11.6. The number of rotatable bonds is 6. The van der Waals surface area contributed by atoms with Gasteiger partial charge in [-0.25, -0.2) is 0 Å². The largest absolute Gasteiger partial charge is 0.497 e. The predicted molar refractivity (Wildman–Crippen MR) is 71.9 cm³/mol. The van der Waals surface area contributed by atoms with Crippen molar-refractivity contribution in [1.29, 1.82) is 0 Å². The summed E-state index contributed by atoms with van der Waals surface area (Å²) in [5.41, 5.74) is -0.949. The van der Waals surface area contributed by atoms with E-state index in [9.17, 15) is 9.90 Å². The maximum absolute atomic E-state index is 11.6. The molecule has 2 N–H and O–H groups in total. The first-order valence-corrected chi connectivity index (χ1v) is 6.45. The molecule has 1 aromatic carbocycles. The van der Waals surface area contributed by atoms with Gasteiger partial charge in [0.05, 0.1) is 13.7 Å². The Morgan fingerprint density at radius 1 is 1.40 bits per heavy atom. The first-order valence-electron chi connectivity index (χ1n) is 6.45. The number of methoxy groups -OCH3 is 1. The molecule has 0 saturated carbocycles. The number of benzene rings is 1. The van der Waals surface area contributed by atoms with E-state index in [1.807, 2.05) is 0 Å². The normalized spacial score (nSPS) is 21.5. The van der Waals surface area contributed by atoms with Crippen molar-refractivity contribution in [3.05, 3.63) is 24.3 Å². The van der Waals surface area contributed by atoms with Gasteiger partial charge in [0.25, 0.3) is 5.91 Å². The van der Waals surface area contributed by atoms with Crippen LogP contribution < -0.4 is 14.8 Å². The SMILES string of the molecule is COc1ccc(OCC(=O)NCC2(O)CCOC2)cc1. The van der Waals surface area contributed by atoms with E-state index in [4.69, 9.17) is 14.2 Å². The molecule has 1 saturated heterocycles. The predicted octanol–water partition coefficient (Wildman–Crippen LogP) is 0.342. The highest BCUT2D eigenvalue weighted by atomic mass is 16.5. The Labute approximate surface area is 117 Å². The van der Waals surface area contributed by atoms with E-state index < -0.39 is 5.60 Å². The van der Waals surface area contributed by atoms with Gasteiger partial charge in [0.15, 0.2) is 6.61 Å². The fourth-order valence-corrected chi connectivity index (χ4v) is 1.87. The van der Waals surface area contributed by atoms with Crippen LogP contribution in [0.3, 0.4) is 0 Å². The van der Waals surface area contributed by atoms with Crippen molar-refractivity contribution in [2.45, 2.75) is 12.0 Å². The van der Waals surface area contributed by atoms with Gasteiger partial charge in [-0.05, 0) is 24.3 Å². The molecule has 0 radical (unpaired) electrons. The number of hydrogen-bond donors (Lipinski definition) is 2. The van der Waals surface area contributed by atoms with Crippen molar-refractivity contribution >= 4 is 5.91 Å². The Morgan fingerprint density at radius 3 is 2.70 bits per heavy atom. The molecule has 110 valence electrons. The summed E-state index contributed by atoms with van der Waals surface area (Å²) in [7, 11) is 1.58. The average Bonchev–Trinajstić information content (AvgIpc) is 2.91. The van der Waals surface area contributed by atoms with E-state index in [1.165, 1.54) is 0 Å². The smallest absolute Gasteiger partial charge is 0.258 e. The summed E-state index contributed by atoms with van der Waals surface area (Å²) in [6.07, 6.45) is 0.534. The van der Waals surface area contributed by atoms with E-state index in [0.29, 0.717) is 18.8 Å². The highest BCUT2D eigenvalue weighted by Crippen LogP contribution is 2.18. The number of ether oxygens (including phenoxy) is 3. The van der Waals surface area contributed by atoms with E-state index in [1.54, 1.807) is 31.4 Å². The third kappa shape index (κ3) is 4.11. The van der Waals surface area contributed by atoms with Crippen LogP contribution >= 0.6 is 0 Å². The quantitative estimate of drug-likeness (QED) is 0.786. The third-order valence-electron chi connectivity index (χ3n) is 3.13. The molecule has 1 aliphatic rings. The topological polar surface area (TPSA) is 77.0 Å². The van der Waals surface area contributed by atoms with Gasteiger partial charge < -0.3 is 24.6 Å². The van der Waals surface area contributed by atoms with Crippen LogP contribution in [-0.4, -0.2) is 50.1 Å². The molecule has 2 rings (SSSR count). The maximum Gasteiger partial charge on any atom is 0.258 e. The van der Waals surface area contributed by atoms with Crippen LogP contribution in [0, 0.1) is 0 Å². The zero-order chi connectivity index (χ0) is 14.4. The minimum Gasteiger partial charge on any atom is -0.497 e. The fourth-order valence-electron chi connectivity index (χ4n) is 1.87. The van der Waals surface area contributed by atoms with Gasteiger partial charge in [0.2, 0.25) is 0 Å². The van der Waals surface area contributed by atoms with E-state index >= 15 is 0 Å². The van der Waals surface area contributed by atoms with Crippen molar-refractivity contribution in [3.63, 3.8) is 0 Å².